The number of aromatic nitrogens is 3. The zero-order valence-electron chi connectivity index (χ0n) is 20.9. The minimum atomic E-state index is -3.39. The van der Waals surface area contributed by atoms with Crippen LogP contribution in [0.2, 0.25) is 0 Å². The molecule has 1 aliphatic heterocycles. The van der Waals surface area contributed by atoms with Crippen molar-refractivity contribution in [3.8, 4) is 11.1 Å². The Morgan fingerprint density at radius 3 is 2.58 bits per heavy atom. The topological polar surface area (TPSA) is 109 Å². The van der Waals surface area contributed by atoms with Crippen LogP contribution in [0, 0.1) is 18.8 Å². The molecule has 1 saturated heterocycles. The summed E-state index contributed by atoms with van der Waals surface area (Å²) < 4.78 is 28.6. The van der Waals surface area contributed by atoms with E-state index in [1.165, 1.54) is 19.3 Å². The van der Waals surface area contributed by atoms with E-state index < -0.39 is 10.0 Å². The van der Waals surface area contributed by atoms with Gasteiger partial charge in [-0.2, -0.15) is 4.98 Å². The molecule has 2 fully saturated rings. The van der Waals surface area contributed by atoms with Crippen LogP contribution in [0.4, 0.5) is 5.95 Å². The summed E-state index contributed by atoms with van der Waals surface area (Å²) in [5.74, 6) is 1.96. The average molecular weight is 511 g/mol. The summed E-state index contributed by atoms with van der Waals surface area (Å²) in [4.78, 5) is 23.0. The van der Waals surface area contributed by atoms with Gasteiger partial charge in [-0.05, 0) is 55.2 Å². The number of benzene rings is 1. The zero-order valence-corrected chi connectivity index (χ0v) is 21.7. The molecule has 2 N–H and O–H groups in total. The number of rotatable bonds is 9. The number of sulfonamides is 1. The van der Waals surface area contributed by atoms with Crippen LogP contribution in [0.3, 0.4) is 0 Å². The normalized spacial score (nSPS) is 20.2. The first-order valence-corrected chi connectivity index (χ1v) is 14.5. The van der Waals surface area contributed by atoms with Gasteiger partial charge in [0.1, 0.15) is 5.65 Å². The van der Waals surface area contributed by atoms with E-state index in [-0.39, 0.29) is 24.4 Å². The second kappa shape index (κ2) is 10.3. The lowest BCUT2D eigenvalue weighted by molar-refractivity contribution is 0.369. The number of aryl methyl sites for hydroxylation is 1. The van der Waals surface area contributed by atoms with Gasteiger partial charge >= 0.3 is 0 Å². The Hall–Kier alpha value is -2.82. The number of nitrogens with zero attached hydrogens (tertiary/aromatic N) is 4. The maximum absolute atomic E-state index is 13.7. The second-order valence-electron chi connectivity index (χ2n) is 9.98. The lowest BCUT2D eigenvalue weighted by Gasteiger charge is -2.19. The van der Waals surface area contributed by atoms with Crippen LogP contribution < -0.4 is 15.7 Å². The molecular weight excluding hydrogens is 476 g/mol. The van der Waals surface area contributed by atoms with E-state index in [1.54, 1.807) is 10.8 Å². The molecule has 5 rings (SSSR count). The largest absolute Gasteiger partial charge is 0.291 e. The summed E-state index contributed by atoms with van der Waals surface area (Å²) in [6.45, 7) is 6.02. The second-order valence-corrected chi connectivity index (χ2v) is 11.9. The first-order chi connectivity index (χ1) is 17.3. The van der Waals surface area contributed by atoms with Gasteiger partial charge in [0.15, 0.2) is 0 Å². The molecule has 2 aliphatic rings. The van der Waals surface area contributed by atoms with Crippen molar-refractivity contribution >= 4 is 27.0 Å². The van der Waals surface area contributed by atoms with E-state index in [1.807, 2.05) is 44.2 Å². The molecule has 2 aromatic heterocycles. The molecule has 2 atom stereocenters. The van der Waals surface area contributed by atoms with Crippen molar-refractivity contribution < 1.29 is 8.42 Å². The molecule has 1 saturated carbocycles. The molecule has 192 valence electrons. The van der Waals surface area contributed by atoms with Gasteiger partial charge in [0.05, 0.1) is 5.75 Å². The summed E-state index contributed by atoms with van der Waals surface area (Å²) in [5.41, 5.74) is 6.01. The standard InChI is InChI=1S/C26H34N6O3S/c1-3-13-36(34,35)28-11-12-32-24-21(14-23(25(32)33)22-10-5-4-7-18(22)2)15-27-26(29-24)30-31-16-19-8-6-9-20(19)17-31/h4-5,7,10,14-15,19-20,28H,3,6,8-9,11-13,16-17H2,1-2H3,(H,27,29,30). The van der Waals surface area contributed by atoms with Gasteiger partial charge in [-0.15, -0.1) is 0 Å². The van der Waals surface area contributed by atoms with Crippen LogP contribution in [0.25, 0.3) is 22.2 Å². The van der Waals surface area contributed by atoms with Crippen LogP contribution in [-0.2, 0) is 16.6 Å². The SMILES string of the molecule is CCCS(=O)(=O)NCCn1c(=O)c(-c2ccccc2C)cc2cnc(NN3CC4CCCC4C3)nc21. The molecule has 0 radical (unpaired) electrons. The third kappa shape index (κ3) is 5.16. The predicted molar refractivity (Wildman–Crippen MR) is 142 cm³/mol. The Balaban J connectivity index is 1.49. The van der Waals surface area contributed by atoms with Crippen molar-refractivity contribution in [2.75, 3.05) is 30.8 Å². The third-order valence-electron chi connectivity index (χ3n) is 7.38. The monoisotopic (exact) mass is 510 g/mol. The van der Waals surface area contributed by atoms with Crippen LogP contribution in [0.15, 0.2) is 41.3 Å². The maximum atomic E-state index is 13.7. The summed E-state index contributed by atoms with van der Waals surface area (Å²) in [7, 11) is -3.39. The van der Waals surface area contributed by atoms with E-state index in [0.717, 1.165) is 41.4 Å². The highest BCUT2D eigenvalue weighted by Crippen LogP contribution is 2.37. The fourth-order valence-corrected chi connectivity index (χ4v) is 6.69. The Labute approximate surface area is 212 Å². The van der Waals surface area contributed by atoms with Crippen molar-refractivity contribution in [2.24, 2.45) is 11.8 Å². The molecule has 36 heavy (non-hydrogen) atoms. The van der Waals surface area contributed by atoms with Gasteiger partial charge in [0.2, 0.25) is 16.0 Å². The Kier molecular flexibility index (Phi) is 7.09. The highest BCUT2D eigenvalue weighted by molar-refractivity contribution is 7.89. The average Bonchev–Trinajstić information content (AvgIpc) is 3.43. The summed E-state index contributed by atoms with van der Waals surface area (Å²) in [6.07, 6.45) is 6.13. The first kappa shape index (κ1) is 24.9. The van der Waals surface area contributed by atoms with Crippen molar-refractivity contribution in [1.29, 1.82) is 0 Å². The Morgan fingerprint density at radius 2 is 1.86 bits per heavy atom. The fourth-order valence-electron chi connectivity index (χ4n) is 5.61. The minimum Gasteiger partial charge on any atom is -0.291 e. The van der Waals surface area contributed by atoms with Gasteiger partial charge in [0.25, 0.3) is 5.56 Å². The van der Waals surface area contributed by atoms with Gasteiger partial charge in [0, 0.05) is 43.3 Å². The molecular formula is C26H34N6O3S. The number of hydrazine groups is 1. The van der Waals surface area contributed by atoms with E-state index in [0.29, 0.717) is 23.6 Å². The van der Waals surface area contributed by atoms with Gasteiger partial charge < -0.3 is 0 Å². The Morgan fingerprint density at radius 1 is 1.11 bits per heavy atom. The van der Waals surface area contributed by atoms with Crippen LogP contribution >= 0.6 is 0 Å². The van der Waals surface area contributed by atoms with Crippen molar-refractivity contribution in [3.05, 3.63) is 52.4 Å². The minimum absolute atomic E-state index is 0.0555. The summed E-state index contributed by atoms with van der Waals surface area (Å²) >= 11 is 0. The van der Waals surface area contributed by atoms with Crippen molar-refractivity contribution in [1.82, 2.24) is 24.3 Å². The molecule has 2 unspecified atom stereocenters. The third-order valence-corrected chi connectivity index (χ3v) is 8.97. The van der Waals surface area contributed by atoms with Crippen molar-refractivity contribution in [2.45, 2.75) is 46.1 Å². The van der Waals surface area contributed by atoms with Gasteiger partial charge in [-0.3, -0.25) is 14.8 Å². The molecule has 3 heterocycles. The van der Waals surface area contributed by atoms with E-state index in [9.17, 15) is 13.2 Å². The zero-order chi connectivity index (χ0) is 25.3. The molecule has 3 aromatic rings. The summed E-state index contributed by atoms with van der Waals surface area (Å²) in [5, 5.41) is 2.91. The van der Waals surface area contributed by atoms with Crippen LogP contribution in [0.5, 0.6) is 0 Å². The maximum Gasteiger partial charge on any atom is 0.260 e. The lowest BCUT2D eigenvalue weighted by Crippen LogP contribution is -2.33. The highest BCUT2D eigenvalue weighted by atomic mass is 32.2. The predicted octanol–water partition coefficient (Wildman–Crippen LogP) is 3.16. The Bertz CT molecular complexity index is 1410. The van der Waals surface area contributed by atoms with E-state index in [2.05, 4.69) is 20.1 Å². The fraction of sp³-hybridized carbons (Fsp3) is 0.500. The molecule has 1 aromatic carbocycles. The van der Waals surface area contributed by atoms with Gasteiger partial charge in [-0.25, -0.2) is 23.1 Å². The van der Waals surface area contributed by atoms with Crippen LogP contribution in [0.1, 0.15) is 38.2 Å². The molecule has 1 aliphatic carbocycles. The molecule has 0 bridgehead atoms. The lowest BCUT2D eigenvalue weighted by atomic mass is 10.0. The number of anilines is 1. The number of hydrogen-bond acceptors (Lipinski definition) is 7. The van der Waals surface area contributed by atoms with Crippen molar-refractivity contribution in [3.63, 3.8) is 0 Å². The summed E-state index contributed by atoms with van der Waals surface area (Å²) in [6, 6.07) is 9.57. The number of nitrogens with one attached hydrogen (secondary N) is 2. The first-order valence-electron chi connectivity index (χ1n) is 12.8. The smallest absolute Gasteiger partial charge is 0.260 e. The van der Waals surface area contributed by atoms with E-state index >= 15 is 0 Å². The van der Waals surface area contributed by atoms with Crippen LogP contribution in [-0.4, -0.2) is 53.3 Å². The number of fused-ring (bicyclic) bond motifs is 2. The molecule has 9 nitrogen and oxygen atoms in total. The van der Waals surface area contributed by atoms with E-state index in [4.69, 9.17) is 4.98 Å². The molecule has 0 spiro atoms. The number of hydrogen-bond donors (Lipinski definition) is 2. The molecule has 10 heteroatoms. The highest BCUT2D eigenvalue weighted by Gasteiger charge is 2.36. The quantitative estimate of drug-likeness (QED) is 0.455. The molecule has 0 amide bonds. The number of pyridine rings is 1. The van der Waals surface area contributed by atoms with Gasteiger partial charge in [-0.1, -0.05) is 37.6 Å².